The zero-order chi connectivity index (χ0) is 35.8. The van der Waals surface area contributed by atoms with Crippen molar-refractivity contribution in [3.05, 3.63) is 42.0 Å². The molecule has 1 rings (SSSR count). The lowest BCUT2D eigenvalue weighted by molar-refractivity contribution is -0.172. The Morgan fingerprint density at radius 2 is 1.48 bits per heavy atom. The van der Waals surface area contributed by atoms with E-state index in [1.165, 1.54) is 12.5 Å². The third-order valence-electron chi connectivity index (χ3n) is 7.84. The van der Waals surface area contributed by atoms with Crippen molar-refractivity contribution in [2.24, 2.45) is 5.92 Å². The second-order valence-corrected chi connectivity index (χ2v) is 12.0. The number of ether oxygens (including phenoxy) is 1. The Hall–Kier alpha value is -4.17. The molecule has 266 valence electrons. The number of aliphatic carboxylic acids is 3. The van der Waals surface area contributed by atoms with Crippen molar-refractivity contribution in [3.8, 4) is 17.6 Å². The molecule has 0 saturated heterocycles. The number of carbonyl (C=O) groups excluding carboxylic acids is 2. The van der Waals surface area contributed by atoms with E-state index >= 15 is 0 Å². The zero-order valence-electron chi connectivity index (χ0n) is 28.4. The molecule has 0 fully saturated rings. The molecule has 0 bridgehead atoms. The standard InChI is InChI=1S/C37H53NO10/c1-3-5-7-11-14-18-29(39)19-15-12-9-10-13-16-20-31(37(47,36(45)46)27-33(40)41)34(42)38-32(35(43)44)26-28-21-23-30(24-22-28)48-25-17-8-6-4-2/h16,20-24,31-32,47H,3-7,9-15,18-19,25-27H2,1-2H3,(H,38,42)(H,40,41)(H,43,44)(H,45,46)/t31-,32+,37+/m1/s1. The third kappa shape index (κ3) is 17.1. The summed E-state index contributed by atoms with van der Waals surface area (Å²) < 4.78 is 5.54. The number of nitrogens with one attached hydrogen (secondary N) is 1. The first-order valence-corrected chi connectivity index (χ1v) is 17.0. The summed E-state index contributed by atoms with van der Waals surface area (Å²) in [7, 11) is 0. The highest BCUT2D eigenvalue weighted by atomic mass is 16.5. The van der Waals surface area contributed by atoms with E-state index in [1.807, 2.05) is 6.92 Å². The molecule has 0 aliphatic rings. The van der Waals surface area contributed by atoms with Gasteiger partial charge in [-0.15, -0.1) is 0 Å². The predicted molar refractivity (Wildman–Crippen MR) is 181 cm³/mol. The molecule has 1 aromatic rings. The highest BCUT2D eigenvalue weighted by Crippen LogP contribution is 2.26. The number of ketones is 1. The Bertz CT molecular complexity index is 1250. The normalized spacial score (nSPS) is 13.5. The number of benzene rings is 1. The number of Topliss-reactive ketones (excluding diaryl/α,β-unsaturated/α-hetero) is 1. The van der Waals surface area contributed by atoms with Gasteiger partial charge in [-0.2, -0.15) is 0 Å². The predicted octanol–water partition coefficient (Wildman–Crippen LogP) is 5.71. The van der Waals surface area contributed by atoms with Crippen molar-refractivity contribution in [2.45, 2.75) is 128 Å². The molecule has 0 radical (unpaired) electrons. The molecule has 11 nitrogen and oxygen atoms in total. The molecule has 0 aliphatic heterocycles. The van der Waals surface area contributed by atoms with Crippen LogP contribution in [-0.2, 0) is 30.4 Å². The molecule has 0 spiro atoms. The lowest BCUT2D eigenvalue weighted by Crippen LogP contribution is -2.55. The number of hydrogen-bond donors (Lipinski definition) is 5. The number of unbranched alkanes of at least 4 members (excludes halogenated alkanes) is 9. The van der Waals surface area contributed by atoms with E-state index in [-0.39, 0.29) is 18.8 Å². The van der Waals surface area contributed by atoms with Gasteiger partial charge in [0.2, 0.25) is 5.91 Å². The van der Waals surface area contributed by atoms with E-state index in [2.05, 4.69) is 24.1 Å². The van der Waals surface area contributed by atoms with Crippen LogP contribution in [0.3, 0.4) is 0 Å². The first-order chi connectivity index (χ1) is 22.9. The Morgan fingerprint density at radius 3 is 2.04 bits per heavy atom. The lowest BCUT2D eigenvalue weighted by Gasteiger charge is -2.29. The van der Waals surface area contributed by atoms with Crippen molar-refractivity contribution in [3.63, 3.8) is 0 Å². The Kier molecular flexibility index (Phi) is 21.0. The molecule has 0 heterocycles. The number of carboxylic acid groups (broad SMARTS) is 3. The highest BCUT2D eigenvalue weighted by Gasteiger charge is 2.49. The number of hydrogen-bond acceptors (Lipinski definition) is 7. The molecule has 5 N–H and O–H groups in total. The molecular formula is C37H53NO10. The summed E-state index contributed by atoms with van der Waals surface area (Å²) in [6.07, 6.45) is 12.9. The summed E-state index contributed by atoms with van der Waals surface area (Å²) in [6.45, 7) is 4.37. The van der Waals surface area contributed by atoms with E-state index < -0.39 is 47.8 Å². The fourth-order valence-corrected chi connectivity index (χ4v) is 5.04. The van der Waals surface area contributed by atoms with E-state index in [0.717, 1.165) is 63.9 Å². The van der Waals surface area contributed by atoms with Gasteiger partial charge >= 0.3 is 17.9 Å². The minimum Gasteiger partial charge on any atom is -0.481 e. The average Bonchev–Trinajstić information content (AvgIpc) is 3.03. The monoisotopic (exact) mass is 671 g/mol. The van der Waals surface area contributed by atoms with Crippen LogP contribution in [0.2, 0.25) is 0 Å². The minimum atomic E-state index is -3.02. The SMILES string of the molecule is CCCC#CCOc1ccc(C[C@H](NC(=O)[C@@H](C=CCCCCCCC(=O)CCCCCCC)[C@@](O)(CC(=O)O)C(=O)O)C(=O)O)cc1. The fraction of sp³-hybridized carbons (Fsp3) is 0.595. The molecule has 0 unspecified atom stereocenters. The Labute approximate surface area is 284 Å². The van der Waals surface area contributed by atoms with Crippen molar-refractivity contribution < 1.29 is 49.1 Å². The molecule has 0 aromatic heterocycles. The summed E-state index contributed by atoms with van der Waals surface area (Å²) in [6, 6.07) is 5.01. The summed E-state index contributed by atoms with van der Waals surface area (Å²) >= 11 is 0. The van der Waals surface area contributed by atoms with E-state index in [1.54, 1.807) is 24.3 Å². The summed E-state index contributed by atoms with van der Waals surface area (Å²) in [5.74, 6) is -1.34. The van der Waals surface area contributed by atoms with E-state index in [0.29, 0.717) is 37.0 Å². The smallest absolute Gasteiger partial charge is 0.337 e. The molecule has 0 aliphatic carbocycles. The second-order valence-electron chi connectivity index (χ2n) is 12.0. The van der Waals surface area contributed by atoms with Gasteiger partial charge in [0.15, 0.2) is 5.60 Å². The third-order valence-corrected chi connectivity index (χ3v) is 7.84. The van der Waals surface area contributed by atoms with Gasteiger partial charge in [-0.25, -0.2) is 9.59 Å². The average molecular weight is 672 g/mol. The van der Waals surface area contributed by atoms with Crippen LogP contribution >= 0.6 is 0 Å². The van der Waals surface area contributed by atoms with Crippen molar-refractivity contribution in [1.29, 1.82) is 0 Å². The van der Waals surface area contributed by atoms with Crippen LogP contribution < -0.4 is 10.1 Å². The van der Waals surface area contributed by atoms with Crippen molar-refractivity contribution >= 4 is 29.6 Å². The van der Waals surface area contributed by atoms with Crippen LogP contribution in [0.4, 0.5) is 0 Å². The Morgan fingerprint density at radius 1 is 0.854 bits per heavy atom. The maximum Gasteiger partial charge on any atom is 0.337 e. The van der Waals surface area contributed by atoms with Gasteiger partial charge in [0.05, 0.1) is 12.3 Å². The lowest BCUT2D eigenvalue weighted by atomic mass is 9.82. The first kappa shape index (κ1) is 41.9. The maximum atomic E-state index is 13.3. The van der Waals surface area contributed by atoms with Crippen molar-refractivity contribution in [2.75, 3.05) is 6.61 Å². The topological polar surface area (TPSA) is 188 Å². The van der Waals surface area contributed by atoms with Crippen LogP contribution in [0.1, 0.15) is 116 Å². The van der Waals surface area contributed by atoms with Gasteiger partial charge in [-0.1, -0.05) is 88.5 Å². The minimum absolute atomic E-state index is 0.167. The summed E-state index contributed by atoms with van der Waals surface area (Å²) in [5.41, 5.74) is -2.49. The van der Waals surface area contributed by atoms with Gasteiger partial charge in [0.1, 0.15) is 24.2 Å². The van der Waals surface area contributed by atoms with Crippen molar-refractivity contribution in [1.82, 2.24) is 5.32 Å². The molecular weight excluding hydrogens is 618 g/mol. The number of allylic oxidation sites excluding steroid dienone is 1. The van der Waals surface area contributed by atoms with Gasteiger partial charge in [-0.3, -0.25) is 14.4 Å². The summed E-state index contributed by atoms with van der Waals surface area (Å²) in [5, 5.41) is 42.1. The number of aliphatic hydroxyl groups is 1. The fourth-order valence-electron chi connectivity index (χ4n) is 5.04. The van der Waals surface area contributed by atoms with Crippen LogP contribution in [0, 0.1) is 17.8 Å². The van der Waals surface area contributed by atoms with Gasteiger partial charge in [0.25, 0.3) is 0 Å². The van der Waals surface area contributed by atoms with Crippen LogP contribution in [-0.4, -0.2) is 68.3 Å². The quantitative estimate of drug-likeness (QED) is 0.0463. The molecule has 48 heavy (non-hydrogen) atoms. The van der Waals surface area contributed by atoms with Gasteiger partial charge < -0.3 is 30.5 Å². The summed E-state index contributed by atoms with van der Waals surface area (Å²) in [4.78, 5) is 61.0. The van der Waals surface area contributed by atoms with Crippen LogP contribution in [0.15, 0.2) is 36.4 Å². The highest BCUT2D eigenvalue weighted by molar-refractivity contribution is 5.94. The molecule has 3 atom stereocenters. The van der Waals surface area contributed by atoms with Crippen LogP contribution in [0.5, 0.6) is 5.75 Å². The number of carbonyl (C=O) groups is 5. The molecule has 1 amide bonds. The molecule has 11 heteroatoms. The first-order valence-electron chi connectivity index (χ1n) is 17.0. The number of rotatable bonds is 26. The largest absolute Gasteiger partial charge is 0.481 e. The Balaban J connectivity index is 2.83. The van der Waals surface area contributed by atoms with E-state index in [4.69, 9.17) is 4.74 Å². The van der Waals surface area contributed by atoms with Gasteiger partial charge in [-0.05, 0) is 49.8 Å². The van der Waals surface area contributed by atoms with Crippen LogP contribution in [0.25, 0.3) is 0 Å². The number of carboxylic acids is 3. The maximum absolute atomic E-state index is 13.3. The zero-order valence-corrected chi connectivity index (χ0v) is 28.4. The van der Waals surface area contributed by atoms with Gasteiger partial charge in [0, 0.05) is 25.7 Å². The number of amides is 1. The second kappa shape index (κ2) is 24.0. The molecule has 0 saturated carbocycles. The molecule has 1 aromatic carbocycles. The van der Waals surface area contributed by atoms with E-state index in [9.17, 15) is 44.4 Å².